The molecule has 0 aliphatic rings. The van der Waals surface area contributed by atoms with Gasteiger partial charge in [-0.3, -0.25) is 13.5 Å². The van der Waals surface area contributed by atoms with E-state index < -0.39 is 12.0 Å². The van der Waals surface area contributed by atoms with Gasteiger partial charge in [-0.25, -0.2) is 0 Å². The maximum Gasteiger partial charge on any atom is 0.268 e. The van der Waals surface area contributed by atoms with Gasteiger partial charge >= 0.3 is 0 Å². The fourth-order valence-corrected chi connectivity index (χ4v) is 2.41. The molecule has 6 heteroatoms. The Hall–Kier alpha value is -1.66. The Balaban J connectivity index is 2.42. The van der Waals surface area contributed by atoms with Crippen molar-refractivity contribution in [2.24, 2.45) is 5.73 Å². The smallest absolute Gasteiger partial charge is 0.268 e. The second kappa shape index (κ2) is 4.07. The minimum atomic E-state index is -1.33. The van der Waals surface area contributed by atoms with Gasteiger partial charge in [-0.2, -0.15) is 0 Å². The molecule has 16 heavy (non-hydrogen) atoms. The molecule has 0 aliphatic heterocycles. The molecule has 2 aromatic rings. The molecule has 0 radical (unpaired) electrons. The van der Waals surface area contributed by atoms with Crippen molar-refractivity contribution in [3.63, 3.8) is 0 Å². The number of hydrogen-bond acceptors (Lipinski definition) is 4. The zero-order chi connectivity index (χ0) is 11.7. The lowest BCUT2D eigenvalue weighted by molar-refractivity contribution is -0.126. The highest BCUT2D eigenvalue weighted by Crippen LogP contribution is 2.15. The van der Waals surface area contributed by atoms with Crippen LogP contribution in [-0.2, 0) is 11.3 Å². The van der Waals surface area contributed by atoms with Gasteiger partial charge in [0.05, 0.1) is 16.6 Å². The molecule has 84 valence electrons. The lowest BCUT2D eigenvalue weighted by atomic mass is 10.3. The molecule has 0 spiro atoms. The lowest BCUT2D eigenvalue weighted by Crippen LogP contribution is -2.34. The average Bonchev–Trinajstić information content (AvgIpc) is 2.56. The van der Waals surface area contributed by atoms with E-state index in [1.807, 2.05) is 12.1 Å². The van der Waals surface area contributed by atoms with Crippen LogP contribution in [0.4, 0.5) is 0 Å². The third kappa shape index (κ3) is 1.84. The molecule has 1 aromatic heterocycles. The summed E-state index contributed by atoms with van der Waals surface area (Å²) in [5.74, 6) is -0.829. The number of nitrogens with two attached hydrogens (primary N) is 1. The predicted octanol–water partition coefficient (Wildman–Crippen LogP) is -0.0908. The summed E-state index contributed by atoms with van der Waals surface area (Å²) in [4.78, 5) is 22.5. The number of carbonyl (C=O) groups is 1. The molecule has 0 saturated carbocycles. The van der Waals surface area contributed by atoms with Crippen LogP contribution in [0.25, 0.3) is 10.1 Å². The number of hydrogen-bond donors (Lipinski definition) is 2. The summed E-state index contributed by atoms with van der Waals surface area (Å²) in [6, 6.07) is 7.12. The zero-order valence-corrected chi connectivity index (χ0v) is 9.11. The molecule has 2 rings (SSSR count). The van der Waals surface area contributed by atoms with Crippen molar-refractivity contribution in [3.05, 3.63) is 34.6 Å². The number of carbonyl (C=O) groups excluding carboxylic acids is 1. The summed E-state index contributed by atoms with van der Waals surface area (Å²) in [5.41, 5.74) is 4.72. The first-order valence-electron chi connectivity index (χ1n) is 4.66. The van der Waals surface area contributed by atoms with Crippen LogP contribution in [0.15, 0.2) is 29.1 Å². The van der Waals surface area contributed by atoms with Gasteiger partial charge in [-0.05, 0) is 12.1 Å². The van der Waals surface area contributed by atoms with Crippen LogP contribution in [0.2, 0.25) is 0 Å². The van der Waals surface area contributed by atoms with Gasteiger partial charge in [0.25, 0.3) is 5.56 Å². The summed E-state index contributed by atoms with van der Waals surface area (Å²) in [7, 11) is 0. The minimum Gasteiger partial charge on any atom is -0.381 e. The van der Waals surface area contributed by atoms with E-state index in [2.05, 4.69) is 0 Å². The molecule has 1 heterocycles. The molecule has 0 bridgehead atoms. The van der Waals surface area contributed by atoms with Crippen LogP contribution in [0.1, 0.15) is 0 Å². The van der Waals surface area contributed by atoms with E-state index in [1.165, 1.54) is 15.5 Å². The average molecular weight is 238 g/mol. The first kappa shape index (κ1) is 10.8. The van der Waals surface area contributed by atoms with Crippen LogP contribution in [0, 0.1) is 0 Å². The maximum absolute atomic E-state index is 11.8. The zero-order valence-electron chi connectivity index (χ0n) is 8.29. The normalized spacial score (nSPS) is 12.8. The molecule has 0 saturated heterocycles. The van der Waals surface area contributed by atoms with Crippen molar-refractivity contribution in [1.29, 1.82) is 0 Å². The van der Waals surface area contributed by atoms with Crippen LogP contribution >= 0.6 is 11.5 Å². The molecular formula is C10H10N2O3S. The van der Waals surface area contributed by atoms with E-state index in [0.29, 0.717) is 5.39 Å². The van der Waals surface area contributed by atoms with Crippen molar-refractivity contribution in [1.82, 2.24) is 3.96 Å². The van der Waals surface area contributed by atoms with Gasteiger partial charge < -0.3 is 10.8 Å². The number of amides is 1. The van der Waals surface area contributed by atoms with Crippen molar-refractivity contribution in [2.75, 3.05) is 0 Å². The molecule has 0 fully saturated rings. The fourth-order valence-electron chi connectivity index (χ4n) is 1.38. The maximum atomic E-state index is 11.8. The van der Waals surface area contributed by atoms with Crippen molar-refractivity contribution in [2.45, 2.75) is 12.6 Å². The Bertz CT molecular complexity index is 587. The summed E-state index contributed by atoms with van der Waals surface area (Å²) in [6.45, 7) is -0.0898. The standard InChI is InChI=1S/C10H10N2O3S/c11-9(14)7(13)5-12-10(15)6-3-1-2-4-8(6)16-12/h1-4,7,13H,5H2,(H2,11,14). The van der Waals surface area contributed by atoms with E-state index >= 15 is 0 Å². The molecular weight excluding hydrogens is 228 g/mol. The molecule has 1 amide bonds. The van der Waals surface area contributed by atoms with Crippen LogP contribution in [0.3, 0.4) is 0 Å². The van der Waals surface area contributed by atoms with Gasteiger partial charge in [0.1, 0.15) is 0 Å². The topological polar surface area (TPSA) is 85.3 Å². The summed E-state index contributed by atoms with van der Waals surface area (Å²) >= 11 is 1.21. The number of nitrogens with zero attached hydrogens (tertiary/aromatic N) is 1. The second-order valence-corrected chi connectivity index (χ2v) is 4.44. The van der Waals surface area contributed by atoms with Crippen LogP contribution in [0.5, 0.6) is 0 Å². The minimum absolute atomic E-state index is 0.0898. The third-order valence-electron chi connectivity index (χ3n) is 2.22. The molecule has 1 unspecified atom stereocenters. The highest BCUT2D eigenvalue weighted by molar-refractivity contribution is 7.13. The van der Waals surface area contributed by atoms with Crippen molar-refractivity contribution < 1.29 is 9.90 Å². The van der Waals surface area contributed by atoms with E-state index in [-0.39, 0.29) is 12.1 Å². The number of fused-ring (bicyclic) bond motifs is 1. The number of aliphatic hydroxyl groups is 1. The summed E-state index contributed by atoms with van der Waals surface area (Å²) < 4.78 is 2.16. The Labute approximate surface area is 94.9 Å². The van der Waals surface area contributed by atoms with Gasteiger partial charge in [-0.1, -0.05) is 23.7 Å². The van der Waals surface area contributed by atoms with E-state index in [4.69, 9.17) is 5.73 Å². The largest absolute Gasteiger partial charge is 0.381 e. The Morgan fingerprint density at radius 1 is 1.50 bits per heavy atom. The van der Waals surface area contributed by atoms with Crippen LogP contribution < -0.4 is 11.3 Å². The third-order valence-corrected chi connectivity index (χ3v) is 3.31. The van der Waals surface area contributed by atoms with E-state index in [9.17, 15) is 14.7 Å². The van der Waals surface area contributed by atoms with Crippen LogP contribution in [-0.4, -0.2) is 21.1 Å². The Kier molecular flexibility index (Phi) is 2.76. The van der Waals surface area contributed by atoms with Crippen molar-refractivity contribution >= 4 is 27.5 Å². The number of rotatable bonds is 3. The molecule has 1 aromatic carbocycles. The number of benzene rings is 1. The Morgan fingerprint density at radius 2 is 2.19 bits per heavy atom. The fraction of sp³-hybridized carbons (Fsp3) is 0.200. The SMILES string of the molecule is NC(=O)C(O)Cn1sc2ccccc2c1=O. The number of aromatic nitrogens is 1. The van der Waals surface area contributed by atoms with E-state index in [1.54, 1.807) is 12.1 Å². The molecule has 0 aliphatic carbocycles. The summed E-state index contributed by atoms with van der Waals surface area (Å²) in [6.07, 6.45) is -1.33. The number of primary amides is 1. The summed E-state index contributed by atoms with van der Waals surface area (Å²) in [5, 5.41) is 9.89. The second-order valence-electron chi connectivity index (χ2n) is 3.37. The van der Waals surface area contributed by atoms with Gasteiger partial charge in [0, 0.05) is 0 Å². The highest BCUT2D eigenvalue weighted by atomic mass is 32.1. The lowest BCUT2D eigenvalue weighted by Gasteiger charge is -2.04. The Morgan fingerprint density at radius 3 is 2.81 bits per heavy atom. The first-order valence-corrected chi connectivity index (χ1v) is 5.43. The first-order chi connectivity index (χ1) is 7.59. The molecule has 1 atom stereocenters. The van der Waals surface area contributed by atoms with Gasteiger partial charge in [0.2, 0.25) is 5.91 Å². The monoisotopic (exact) mass is 238 g/mol. The highest BCUT2D eigenvalue weighted by Gasteiger charge is 2.15. The predicted molar refractivity (Wildman–Crippen MR) is 61.3 cm³/mol. The molecule has 5 nitrogen and oxygen atoms in total. The number of aliphatic hydroxyl groups excluding tert-OH is 1. The van der Waals surface area contributed by atoms with Gasteiger partial charge in [0.15, 0.2) is 6.10 Å². The molecule has 3 N–H and O–H groups in total. The van der Waals surface area contributed by atoms with Crippen molar-refractivity contribution in [3.8, 4) is 0 Å². The van der Waals surface area contributed by atoms with Gasteiger partial charge in [-0.15, -0.1) is 0 Å². The van der Waals surface area contributed by atoms with E-state index in [0.717, 1.165) is 4.70 Å². The quantitative estimate of drug-likeness (QED) is 0.783.